The number of aliphatic hydroxyl groups excluding tert-OH is 1. The van der Waals surface area contributed by atoms with Gasteiger partial charge in [0.1, 0.15) is 5.75 Å². The Morgan fingerprint density at radius 1 is 1.53 bits per heavy atom. The summed E-state index contributed by atoms with van der Waals surface area (Å²) in [5.74, 6) is 0.817. The maximum atomic E-state index is 9.39. The van der Waals surface area contributed by atoms with E-state index in [9.17, 15) is 5.11 Å². The minimum atomic E-state index is -0.443. The Morgan fingerprint density at radius 2 is 2.33 bits per heavy atom. The van der Waals surface area contributed by atoms with Crippen LogP contribution in [0.5, 0.6) is 5.75 Å². The van der Waals surface area contributed by atoms with Crippen molar-refractivity contribution in [2.24, 2.45) is 0 Å². The standard InChI is InChI=1S/C13H18O2/c1-3-4-5-9-15-13-8-6-7-12(10-13)11(2)14/h3,6-8,10-11,14H,1,4-5,9H2,2H3/t11-/m0/s1. The van der Waals surface area contributed by atoms with Gasteiger partial charge in [0.25, 0.3) is 0 Å². The van der Waals surface area contributed by atoms with Crippen molar-refractivity contribution in [3.63, 3.8) is 0 Å². The fourth-order valence-electron chi connectivity index (χ4n) is 1.28. The second-order valence-electron chi connectivity index (χ2n) is 3.53. The zero-order chi connectivity index (χ0) is 11.1. The Balaban J connectivity index is 2.46. The van der Waals surface area contributed by atoms with Crippen LogP contribution in [0.1, 0.15) is 31.4 Å². The highest BCUT2D eigenvalue weighted by Gasteiger charge is 2.01. The molecule has 0 saturated heterocycles. The Morgan fingerprint density at radius 3 is 3.00 bits per heavy atom. The van der Waals surface area contributed by atoms with E-state index in [0.29, 0.717) is 6.61 Å². The van der Waals surface area contributed by atoms with Crippen LogP contribution in [-0.2, 0) is 0 Å². The van der Waals surface area contributed by atoms with Crippen molar-refractivity contribution in [2.75, 3.05) is 6.61 Å². The second kappa shape index (κ2) is 6.25. The van der Waals surface area contributed by atoms with Gasteiger partial charge in [0, 0.05) is 0 Å². The van der Waals surface area contributed by atoms with Gasteiger partial charge in [-0.15, -0.1) is 6.58 Å². The normalized spacial score (nSPS) is 12.1. The number of hydrogen-bond donors (Lipinski definition) is 1. The van der Waals surface area contributed by atoms with Crippen molar-refractivity contribution < 1.29 is 9.84 Å². The maximum absolute atomic E-state index is 9.39. The summed E-state index contributed by atoms with van der Waals surface area (Å²) < 4.78 is 5.54. The lowest BCUT2D eigenvalue weighted by atomic mass is 10.1. The van der Waals surface area contributed by atoms with Gasteiger partial charge in [0.05, 0.1) is 12.7 Å². The van der Waals surface area contributed by atoms with Gasteiger partial charge >= 0.3 is 0 Å². The molecule has 0 fully saturated rings. The molecule has 1 rings (SSSR count). The lowest BCUT2D eigenvalue weighted by molar-refractivity contribution is 0.198. The molecule has 1 atom stereocenters. The smallest absolute Gasteiger partial charge is 0.119 e. The minimum absolute atomic E-state index is 0.443. The Kier molecular flexibility index (Phi) is 4.91. The zero-order valence-corrected chi connectivity index (χ0v) is 9.15. The summed E-state index contributed by atoms with van der Waals surface area (Å²) in [6.45, 7) is 6.09. The number of rotatable bonds is 6. The molecule has 1 aromatic carbocycles. The monoisotopic (exact) mass is 206 g/mol. The van der Waals surface area contributed by atoms with Crippen molar-refractivity contribution in [3.05, 3.63) is 42.5 Å². The summed E-state index contributed by atoms with van der Waals surface area (Å²) in [6.07, 6.45) is 3.38. The number of hydrogen-bond acceptors (Lipinski definition) is 2. The van der Waals surface area contributed by atoms with E-state index in [-0.39, 0.29) is 0 Å². The molecule has 0 bridgehead atoms. The average molecular weight is 206 g/mol. The van der Waals surface area contributed by atoms with E-state index >= 15 is 0 Å². The van der Waals surface area contributed by atoms with Crippen LogP contribution in [0.2, 0.25) is 0 Å². The minimum Gasteiger partial charge on any atom is -0.494 e. The molecule has 1 N–H and O–H groups in total. The van der Waals surface area contributed by atoms with Gasteiger partial charge in [-0.2, -0.15) is 0 Å². The van der Waals surface area contributed by atoms with Gasteiger partial charge in [-0.1, -0.05) is 18.2 Å². The van der Waals surface area contributed by atoms with E-state index in [0.717, 1.165) is 24.2 Å². The lowest BCUT2D eigenvalue weighted by Gasteiger charge is -2.08. The Labute approximate surface area is 91.2 Å². The predicted octanol–water partition coefficient (Wildman–Crippen LogP) is 3.08. The third-order valence-electron chi connectivity index (χ3n) is 2.16. The first-order chi connectivity index (χ1) is 7.24. The molecule has 0 saturated carbocycles. The van der Waals surface area contributed by atoms with E-state index in [1.807, 2.05) is 30.3 Å². The summed E-state index contributed by atoms with van der Waals surface area (Å²) in [4.78, 5) is 0. The number of unbranched alkanes of at least 4 members (excludes halogenated alkanes) is 1. The van der Waals surface area contributed by atoms with Crippen molar-refractivity contribution in [1.29, 1.82) is 0 Å². The van der Waals surface area contributed by atoms with E-state index in [1.165, 1.54) is 0 Å². The molecule has 1 aromatic rings. The highest BCUT2D eigenvalue weighted by atomic mass is 16.5. The van der Waals surface area contributed by atoms with Gasteiger partial charge in [0.2, 0.25) is 0 Å². The van der Waals surface area contributed by atoms with Crippen LogP contribution in [0.15, 0.2) is 36.9 Å². The largest absolute Gasteiger partial charge is 0.494 e. The van der Waals surface area contributed by atoms with Crippen LogP contribution in [-0.4, -0.2) is 11.7 Å². The summed E-state index contributed by atoms with van der Waals surface area (Å²) in [5.41, 5.74) is 0.885. The van der Waals surface area contributed by atoms with Gasteiger partial charge in [-0.05, 0) is 37.5 Å². The topological polar surface area (TPSA) is 29.5 Å². The third kappa shape index (κ3) is 4.17. The molecule has 2 heteroatoms. The van der Waals surface area contributed by atoms with Crippen molar-refractivity contribution in [1.82, 2.24) is 0 Å². The van der Waals surface area contributed by atoms with E-state index < -0.39 is 6.10 Å². The molecule has 0 amide bonds. The molecule has 2 nitrogen and oxygen atoms in total. The molecule has 82 valence electrons. The average Bonchev–Trinajstić information content (AvgIpc) is 2.25. The predicted molar refractivity (Wildman–Crippen MR) is 62.0 cm³/mol. The number of benzene rings is 1. The summed E-state index contributed by atoms with van der Waals surface area (Å²) in [5, 5.41) is 9.39. The van der Waals surface area contributed by atoms with Crippen molar-refractivity contribution >= 4 is 0 Å². The zero-order valence-electron chi connectivity index (χ0n) is 9.15. The van der Waals surface area contributed by atoms with Gasteiger partial charge in [-0.25, -0.2) is 0 Å². The van der Waals surface area contributed by atoms with E-state index in [4.69, 9.17) is 4.74 Å². The highest BCUT2D eigenvalue weighted by molar-refractivity contribution is 5.29. The molecule has 0 aliphatic heterocycles. The Hall–Kier alpha value is -1.28. The molecule has 0 aliphatic carbocycles. The van der Waals surface area contributed by atoms with Gasteiger partial charge in [0.15, 0.2) is 0 Å². The first-order valence-corrected chi connectivity index (χ1v) is 5.25. The molecule has 0 unspecified atom stereocenters. The number of allylic oxidation sites excluding steroid dienone is 1. The summed E-state index contributed by atoms with van der Waals surface area (Å²) in [6, 6.07) is 7.56. The fraction of sp³-hybridized carbons (Fsp3) is 0.385. The quantitative estimate of drug-likeness (QED) is 0.572. The van der Waals surface area contributed by atoms with Crippen molar-refractivity contribution in [2.45, 2.75) is 25.9 Å². The molecule has 15 heavy (non-hydrogen) atoms. The van der Waals surface area contributed by atoms with Crippen LogP contribution in [0, 0.1) is 0 Å². The van der Waals surface area contributed by atoms with Crippen LogP contribution in [0.4, 0.5) is 0 Å². The molecule has 0 aliphatic rings. The van der Waals surface area contributed by atoms with Gasteiger partial charge < -0.3 is 9.84 Å². The fourth-order valence-corrected chi connectivity index (χ4v) is 1.28. The molecular weight excluding hydrogens is 188 g/mol. The van der Waals surface area contributed by atoms with Gasteiger partial charge in [-0.3, -0.25) is 0 Å². The Bertz CT molecular complexity index is 305. The molecular formula is C13H18O2. The first-order valence-electron chi connectivity index (χ1n) is 5.25. The summed E-state index contributed by atoms with van der Waals surface area (Å²) in [7, 11) is 0. The number of ether oxygens (including phenoxy) is 1. The molecule has 0 radical (unpaired) electrons. The van der Waals surface area contributed by atoms with E-state index in [1.54, 1.807) is 6.92 Å². The second-order valence-corrected chi connectivity index (χ2v) is 3.53. The highest BCUT2D eigenvalue weighted by Crippen LogP contribution is 2.18. The van der Waals surface area contributed by atoms with Crippen molar-refractivity contribution in [3.8, 4) is 5.75 Å². The summed E-state index contributed by atoms with van der Waals surface area (Å²) >= 11 is 0. The van der Waals surface area contributed by atoms with Crippen LogP contribution >= 0.6 is 0 Å². The van der Waals surface area contributed by atoms with Crippen LogP contribution in [0.3, 0.4) is 0 Å². The first kappa shape index (κ1) is 11.8. The maximum Gasteiger partial charge on any atom is 0.119 e. The SMILES string of the molecule is C=CCCCOc1cccc([C@H](C)O)c1. The van der Waals surface area contributed by atoms with E-state index in [2.05, 4.69) is 6.58 Å². The number of aliphatic hydroxyl groups is 1. The molecule has 0 aromatic heterocycles. The van der Waals surface area contributed by atoms with Crippen LogP contribution < -0.4 is 4.74 Å². The van der Waals surface area contributed by atoms with Crippen LogP contribution in [0.25, 0.3) is 0 Å². The molecule has 0 heterocycles. The molecule has 0 spiro atoms. The third-order valence-corrected chi connectivity index (χ3v) is 2.16. The lowest BCUT2D eigenvalue weighted by Crippen LogP contribution is -1.98.